The number of nitrogens with zero attached hydrogens (tertiary/aromatic N) is 2. The molecule has 0 unspecified atom stereocenters. The zero-order valence-electron chi connectivity index (χ0n) is 7.64. The van der Waals surface area contributed by atoms with Gasteiger partial charge in [-0.1, -0.05) is 0 Å². The van der Waals surface area contributed by atoms with Crippen molar-refractivity contribution >= 4 is 0 Å². The third-order valence-electron chi connectivity index (χ3n) is 1.82. The summed E-state index contributed by atoms with van der Waals surface area (Å²) in [7, 11) is 1.86. The van der Waals surface area contributed by atoms with Gasteiger partial charge in [-0.15, -0.1) is 0 Å². The van der Waals surface area contributed by atoms with E-state index < -0.39 is 6.10 Å². The number of hydrogen-bond acceptors (Lipinski definition) is 4. The molecule has 3 N–H and O–H groups in total. The largest absolute Gasteiger partial charge is 0.394 e. The Morgan fingerprint density at radius 3 is 3.00 bits per heavy atom. The molecule has 0 aliphatic rings. The fourth-order valence-corrected chi connectivity index (χ4v) is 1.01. The van der Waals surface area contributed by atoms with Crippen LogP contribution in [-0.4, -0.2) is 39.2 Å². The summed E-state index contributed by atoms with van der Waals surface area (Å²) in [6, 6.07) is 1.90. The van der Waals surface area contributed by atoms with E-state index in [-0.39, 0.29) is 6.61 Å². The van der Waals surface area contributed by atoms with Crippen molar-refractivity contribution in [2.45, 2.75) is 12.6 Å². The number of hydrogen-bond donors (Lipinski definition) is 3. The van der Waals surface area contributed by atoms with Gasteiger partial charge >= 0.3 is 0 Å². The first-order valence-electron chi connectivity index (χ1n) is 4.20. The van der Waals surface area contributed by atoms with Crippen molar-refractivity contribution in [2.24, 2.45) is 7.05 Å². The standard InChI is InChI=1S/C8H15N3O2/c1-11-7(2-3-10-11)4-9-5-8(13)6-12/h2-3,8-9,12-13H,4-6H2,1H3/t8-/m0/s1. The molecular formula is C8H15N3O2. The zero-order valence-corrected chi connectivity index (χ0v) is 7.64. The van der Waals surface area contributed by atoms with Crippen LogP contribution in [0, 0.1) is 0 Å². The maximum atomic E-state index is 9.02. The first-order valence-corrected chi connectivity index (χ1v) is 4.20. The van der Waals surface area contributed by atoms with E-state index in [0.29, 0.717) is 13.1 Å². The molecule has 1 aromatic rings. The number of aliphatic hydroxyl groups excluding tert-OH is 2. The molecule has 5 nitrogen and oxygen atoms in total. The van der Waals surface area contributed by atoms with Crippen LogP contribution in [0.2, 0.25) is 0 Å². The second-order valence-corrected chi connectivity index (χ2v) is 2.91. The molecule has 0 saturated heterocycles. The van der Waals surface area contributed by atoms with Crippen molar-refractivity contribution < 1.29 is 10.2 Å². The molecule has 13 heavy (non-hydrogen) atoms. The van der Waals surface area contributed by atoms with Gasteiger partial charge in [0, 0.05) is 26.3 Å². The normalized spacial score (nSPS) is 13.2. The van der Waals surface area contributed by atoms with Crippen molar-refractivity contribution in [1.82, 2.24) is 15.1 Å². The van der Waals surface area contributed by atoms with Gasteiger partial charge in [0.2, 0.25) is 0 Å². The summed E-state index contributed by atoms with van der Waals surface area (Å²) in [4.78, 5) is 0. The van der Waals surface area contributed by atoms with E-state index in [1.54, 1.807) is 10.9 Å². The Bertz CT molecular complexity index is 249. The molecule has 1 aromatic heterocycles. The molecule has 0 spiro atoms. The molecule has 1 rings (SSSR count). The molecule has 0 radical (unpaired) electrons. The highest BCUT2D eigenvalue weighted by molar-refractivity contribution is 4.99. The van der Waals surface area contributed by atoms with Gasteiger partial charge in [0.25, 0.3) is 0 Å². The van der Waals surface area contributed by atoms with Crippen LogP contribution in [-0.2, 0) is 13.6 Å². The van der Waals surface area contributed by atoms with E-state index in [1.165, 1.54) is 0 Å². The Balaban J connectivity index is 2.24. The molecule has 0 aliphatic carbocycles. The summed E-state index contributed by atoms with van der Waals surface area (Å²) in [5.74, 6) is 0. The highest BCUT2D eigenvalue weighted by Gasteiger charge is 2.01. The minimum Gasteiger partial charge on any atom is -0.394 e. The number of rotatable bonds is 5. The average molecular weight is 185 g/mol. The number of aliphatic hydroxyl groups is 2. The maximum Gasteiger partial charge on any atom is 0.0895 e. The van der Waals surface area contributed by atoms with E-state index in [0.717, 1.165) is 5.69 Å². The Morgan fingerprint density at radius 2 is 2.46 bits per heavy atom. The fourth-order valence-electron chi connectivity index (χ4n) is 1.01. The summed E-state index contributed by atoms with van der Waals surface area (Å²) in [6.45, 7) is 0.827. The lowest BCUT2D eigenvalue weighted by molar-refractivity contribution is 0.0941. The van der Waals surface area contributed by atoms with E-state index in [9.17, 15) is 0 Å². The van der Waals surface area contributed by atoms with Crippen LogP contribution >= 0.6 is 0 Å². The van der Waals surface area contributed by atoms with Gasteiger partial charge < -0.3 is 15.5 Å². The van der Waals surface area contributed by atoms with Crippen LogP contribution in [0.4, 0.5) is 0 Å². The molecule has 5 heteroatoms. The quantitative estimate of drug-likeness (QED) is 0.542. The molecule has 0 fully saturated rings. The number of nitrogens with one attached hydrogen (secondary N) is 1. The lowest BCUT2D eigenvalue weighted by Gasteiger charge is -2.08. The third-order valence-corrected chi connectivity index (χ3v) is 1.82. The Kier molecular flexibility index (Phi) is 3.88. The summed E-state index contributed by atoms with van der Waals surface area (Å²) >= 11 is 0. The molecule has 1 atom stereocenters. The highest BCUT2D eigenvalue weighted by atomic mass is 16.3. The van der Waals surface area contributed by atoms with Crippen LogP contribution in [0.5, 0.6) is 0 Å². The smallest absolute Gasteiger partial charge is 0.0895 e. The summed E-state index contributed by atoms with van der Waals surface area (Å²) in [6.07, 6.45) is 1.03. The van der Waals surface area contributed by atoms with E-state index in [2.05, 4.69) is 10.4 Å². The third kappa shape index (κ3) is 3.14. The van der Waals surface area contributed by atoms with Gasteiger partial charge in [-0.3, -0.25) is 4.68 Å². The number of aromatic nitrogens is 2. The summed E-state index contributed by atoms with van der Waals surface area (Å²) in [5.41, 5.74) is 1.05. The summed E-state index contributed by atoms with van der Waals surface area (Å²) < 4.78 is 1.76. The van der Waals surface area contributed by atoms with Crippen molar-refractivity contribution in [3.05, 3.63) is 18.0 Å². The number of aryl methyl sites for hydroxylation is 1. The van der Waals surface area contributed by atoms with Crippen LogP contribution in [0.3, 0.4) is 0 Å². The predicted octanol–water partition coefficient (Wildman–Crippen LogP) is -1.14. The Morgan fingerprint density at radius 1 is 1.69 bits per heavy atom. The average Bonchev–Trinajstić information content (AvgIpc) is 2.52. The van der Waals surface area contributed by atoms with E-state index >= 15 is 0 Å². The lowest BCUT2D eigenvalue weighted by Crippen LogP contribution is -2.29. The predicted molar refractivity (Wildman–Crippen MR) is 48.0 cm³/mol. The van der Waals surface area contributed by atoms with Crippen molar-refractivity contribution in [2.75, 3.05) is 13.2 Å². The molecule has 1 heterocycles. The fraction of sp³-hybridized carbons (Fsp3) is 0.625. The molecule has 74 valence electrons. The van der Waals surface area contributed by atoms with Crippen LogP contribution in [0.25, 0.3) is 0 Å². The zero-order chi connectivity index (χ0) is 9.68. The van der Waals surface area contributed by atoms with Crippen LogP contribution < -0.4 is 5.32 Å². The Hall–Kier alpha value is -0.910. The first kappa shape index (κ1) is 10.2. The van der Waals surface area contributed by atoms with Gasteiger partial charge in [-0.2, -0.15) is 5.10 Å². The molecule has 0 aromatic carbocycles. The molecule has 0 bridgehead atoms. The maximum absolute atomic E-state index is 9.02. The van der Waals surface area contributed by atoms with Crippen LogP contribution in [0.1, 0.15) is 5.69 Å². The minimum absolute atomic E-state index is 0.210. The molecule has 0 saturated carbocycles. The molecular weight excluding hydrogens is 170 g/mol. The lowest BCUT2D eigenvalue weighted by atomic mass is 10.3. The van der Waals surface area contributed by atoms with Crippen molar-refractivity contribution in [3.8, 4) is 0 Å². The monoisotopic (exact) mass is 185 g/mol. The van der Waals surface area contributed by atoms with E-state index in [4.69, 9.17) is 10.2 Å². The van der Waals surface area contributed by atoms with Crippen LogP contribution in [0.15, 0.2) is 12.3 Å². The topological polar surface area (TPSA) is 70.3 Å². The van der Waals surface area contributed by atoms with Crippen molar-refractivity contribution in [1.29, 1.82) is 0 Å². The molecule has 0 amide bonds. The van der Waals surface area contributed by atoms with Crippen molar-refractivity contribution in [3.63, 3.8) is 0 Å². The van der Waals surface area contributed by atoms with Gasteiger partial charge in [-0.05, 0) is 6.07 Å². The van der Waals surface area contributed by atoms with Gasteiger partial charge in [0.15, 0.2) is 0 Å². The van der Waals surface area contributed by atoms with Gasteiger partial charge in [0.05, 0.1) is 18.4 Å². The van der Waals surface area contributed by atoms with Gasteiger partial charge in [0.1, 0.15) is 0 Å². The highest BCUT2D eigenvalue weighted by Crippen LogP contribution is 1.94. The van der Waals surface area contributed by atoms with E-state index in [1.807, 2.05) is 13.1 Å². The first-order chi connectivity index (χ1) is 6.24. The second-order valence-electron chi connectivity index (χ2n) is 2.91. The summed E-state index contributed by atoms with van der Waals surface area (Å²) in [5, 5.41) is 24.6. The second kappa shape index (κ2) is 4.96. The minimum atomic E-state index is -0.687. The van der Waals surface area contributed by atoms with Gasteiger partial charge in [-0.25, -0.2) is 0 Å². The SMILES string of the molecule is Cn1nccc1CNC[C@H](O)CO. The molecule has 0 aliphatic heterocycles. The Labute approximate surface area is 77.0 Å².